The van der Waals surface area contributed by atoms with Crippen molar-refractivity contribution in [1.82, 2.24) is 0 Å². The van der Waals surface area contributed by atoms with Crippen LogP contribution in [0, 0.1) is 0 Å². The van der Waals surface area contributed by atoms with E-state index in [9.17, 15) is 4.79 Å². The number of benzene rings is 1. The molecule has 0 heterocycles. The van der Waals surface area contributed by atoms with Crippen molar-refractivity contribution in [2.45, 2.75) is 13.2 Å². The fourth-order valence-corrected chi connectivity index (χ4v) is 1.47. The Bertz CT molecular complexity index is 390. The molecular formula is C11H15NO4. The van der Waals surface area contributed by atoms with Gasteiger partial charge in [0, 0.05) is 19.9 Å². The van der Waals surface area contributed by atoms with Crippen molar-refractivity contribution in [3.8, 4) is 0 Å². The number of methoxy groups -OCH3 is 2. The Balaban J connectivity index is 3.19. The number of carboxylic acid groups (broad SMARTS) is 1. The SMILES string of the molecule is COCc1cc(N)c(C(=O)O)cc1COC. The number of nitrogens with two attached hydrogens (primary N) is 1. The van der Waals surface area contributed by atoms with E-state index >= 15 is 0 Å². The minimum atomic E-state index is -1.04. The van der Waals surface area contributed by atoms with E-state index in [2.05, 4.69) is 0 Å². The number of hydrogen-bond acceptors (Lipinski definition) is 4. The Labute approximate surface area is 93.8 Å². The molecule has 5 nitrogen and oxygen atoms in total. The van der Waals surface area contributed by atoms with Crippen molar-refractivity contribution in [2.75, 3.05) is 20.0 Å². The topological polar surface area (TPSA) is 81.8 Å². The normalized spacial score (nSPS) is 10.4. The van der Waals surface area contributed by atoms with Crippen LogP contribution >= 0.6 is 0 Å². The third kappa shape index (κ3) is 2.71. The van der Waals surface area contributed by atoms with Crippen LogP contribution < -0.4 is 5.73 Å². The van der Waals surface area contributed by atoms with E-state index in [4.69, 9.17) is 20.3 Å². The fourth-order valence-electron chi connectivity index (χ4n) is 1.47. The Kier molecular flexibility index (Phi) is 4.28. The third-order valence-electron chi connectivity index (χ3n) is 2.20. The van der Waals surface area contributed by atoms with Gasteiger partial charge in [-0.25, -0.2) is 4.79 Å². The van der Waals surface area contributed by atoms with Crippen LogP contribution in [0.3, 0.4) is 0 Å². The molecule has 1 rings (SSSR count). The van der Waals surface area contributed by atoms with Crippen LogP contribution in [0.25, 0.3) is 0 Å². The van der Waals surface area contributed by atoms with Crippen molar-refractivity contribution >= 4 is 11.7 Å². The predicted molar refractivity (Wildman–Crippen MR) is 59.2 cm³/mol. The first-order valence-electron chi connectivity index (χ1n) is 4.72. The van der Waals surface area contributed by atoms with Gasteiger partial charge in [0.25, 0.3) is 0 Å². The van der Waals surface area contributed by atoms with Gasteiger partial charge in [0.1, 0.15) is 0 Å². The van der Waals surface area contributed by atoms with Crippen molar-refractivity contribution in [2.24, 2.45) is 0 Å². The van der Waals surface area contributed by atoms with Gasteiger partial charge >= 0.3 is 5.97 Å². The molecule has 0 radical (unpaired) electrons. The first kappa shape index (κ1) is 12.5. The minimum absolute atomic E-state index is 0.0897. The van der Waals surface area contributed by atoms with Gasteiger partial charge in [0.05, 0.1) is 18.8 Å². The molecule has 0 fully saturated rings. The summed E-state index contributed by atoms with van der Waals surface area (Å²) in [7, 11) is 3.12. The van der Waals surface area contributed by atoms with Crippen LogP contribution in [-0.2, 0) is 22.7 Å². The summed E-state index contributed by atoms with van der Waals surface area (Å²) in [5.41, 5.74) is 7.58. The molecule has 16 heavy (non-hydrogen) atoms. The maximum atomic E-state index is 10.9. The summed E-state index contributed by atoms with van der Waals surface area (Å²) in [6, 6.07) is 3.14. The molecule has 88 valence electrons. The van der Waals surface area contributed by atoms with Gasteiger partial charge in [-0.05, 0) is 23.3 Å². The molecule has 0 saturated heterocycles. The first-order chi connectivity index (χ1) is 7.60. The van der Waals surface area contributed by atoms with Gasteiger partial charge in [-0.15, -0.1) is 0 Å². The Morgan fingerprint density at radius 3 is 2.19 bits per heavy atom. The van der Waals surface area contributed by atoms with Crippen LogP contribution in [0.5, 0.6) is 0 Å². The highest BCUT2D eigenvalue weighted by atomic mass is 16.5. The second kappa shape index (κ2) is 5.48. The van der Waals surface area contributed by atoms with E-state index < -0.39 is 5.97 Å². The monoisotopic (exact) mass is 225 g/mol. The van der Waals surface area contributed by atoms with Crippen LogP contribution in [0.1, 0.15) is 21.5 Å². The Morgan fingerprint density at radius 2 is 1.75 bits per heavy atom. The zero-order chi connectivity index (χ0) is 12.1. The lowest BCUT2D eigenvalue weighted by Gasteiger charge is -2.11. The number of anilines is 1. The standard InChI is InChI=1S/C11H15NO4/c1-15-5-7-3-9(11(13)14)10(12)4-8(7)6-16-2/h3-4H,5-6,12H2,1-2H3,(H,13,14). The lowest BCUT2D eigenvalue weighted by Crippen LogP contribution is -2.07. The molecule has 0 unspecified atom stereocenters. The van der Waals surface area contributed by atoms with E-state index in [0.717, 1.165) is 11.1 Å². The molecule has 0 aliphatic heterocycles. The number of aromatic carboxylic acids is 1. The summed E-state index contributed by atoms with van der Waals surface area (Å²) in [6.45, 7) is 0.710. The van der Waals surface area contributed by atoms with Crippen molar-refractivity contribution < 1.29 is 19.4 Å². The van der Waals surface area contributed by atoms with Gasteiger partial charge in [-0.3, -0.25) is 0 Å². The highest BCUT2D eigenvalue weighted by Crippen LogP contribution is 2.20. The number of ether oxygens (including phenoxy) is 2. The molecule has 0 aliphatic rings. The van der Waals surface area contributed by atoms with Crippen molar-refractivity contribution in [1.29, 1.82) is 0 Å². The molecule has 0 aromatic heterocycles. The summed E-state index contributed by atoms with van der Waals surface area (Å²) >= 11 is 0. The van der Waals surface area contributed by atoms with E-state index in [0.29, 0.717) is 13.2 Å². The molecule has 0 aliphatic carbocycles. The summed E-state index contributed by atoms with van der Waals surface area (Å²) in [5.74, 6) is -1.04. The van der Waals surface area contributed by atoms with E-state index in [-0.39, 0.29) is 11.3 Å². The largest absolute Gasteiger partial charge is 0.478 e. The van der Waals surface area contributed by atoms with Crippen LogP contribution in [0.15, 0.2) is 12.1 Å². The highest BCUT2D eigenvalue weighted by molar-refractivity contribution is 5.94. The second-order valence-corrected chi connectivity index (χ2v) is 3.38. The number of nitrogen functional groups attached to an aromatic ring is 1. The van der Waals surface area contributed by atoms with E-state index in [1.165, 1.54) is 6.07 Å². The fraction of sp³-hybridized carbons (Fsp3) is 0.364. The highest BCUT2D eigenvalue weighted by Gasteiger charge is 2.12. The summed E-state index contributed by atoms with van der Waals surface area (Å²) in [4.78, 5) is 10.9. The van der Waals surface area contributed by atoms with Gasteiger partial charge < -0.3 is 20.3 Å². The van der Waals surface area contributed by atoms with Gasteiger partial charge in [0.2, 0.25) is 0 Å². The molecular weight excluding hydrogens is 210 g/mol. The second-order valence-electron chi connectivity index (χ2n) is 3.38. The Hall–Kier alpha value is -1.59. The average Bonchev–Trinajstić information content (AvgIpc) is 2.22. The molecule has 3 N–H and O–H groups in total. The maximum absolute atomic E-state index is 10.9. The zero-order valence-electron chi connectivity index (χ0n) is 9.32. The van der Waals surface area contributed by atoms with Crippen molar-refractivity contribution in [3.63, 3.8) is 0 Å². The minimum Gasteiger partial charge on any atom is -0.478 e. The van der Waals surface area contributed by atoms with Gasteiger partial charge in [0.15, 0.2) is 0 Å². The molecule has 1 aromatic carbocycles. The quantitative estimate of drug-likeness (QED) is 0.737. The van der Waals surface area contributed by atoms with E-state index in [1.807, 2.05) is 0 Å². The van der Waals surface area contributed by atoms with Gasteiger partial charge in [-0.1, -0.05) is 0 Å². The molecule has 0 amide bonds. The smallest absolute Gasteiger partial charge is 0.337 e. The summed E-state index contributed by atoms with van der Waals surface area (Å²) in [6.07, 6.45) is 0. The summed E-state index contributed by atoms with van der Waals surface area (Å²) in [5, 5.41) is 8.93. The number of rotatable bonds is 5. The van der Waals surface area contributed by atoms with Crippen LogP contribution in [0.2, 0.25) is 0 Å². The zero-order valence-corrected chi connectivity index (χ0v) is 9.32. The average molecular weight is 225 g/mol. The maximum Gasteiger partial charge on any atom is 0.337 e. The molecule has 5 heteroatoms. The van der Waals surface area contributed by atoms with Crippen LogP contribution in [0.4, 0.5) is 5.69 Å². The molecule has 0 atom stereocenters. The van der Waals surface area contributed by atoms with Gasteiger partial charge in [-0.2, -0.15) is 0 Å². The third-order valence-corrected chi connectivity index (χ3v) is 2.20. The predicted octanol–water partition coefficient (Wildman–Crippen LogP) is 1.26. The summed E-state index contributed by atoms with van der Waals surface area (Å²) < 4.78 is 10.0. The molecule has 0 spiro atoms. The molecule has 0 saturated carbocycles. The van der Waals surface area contributed by atoms with Crippen LogP contribution in [-0.4, -0.2) is 25.3 Å². The lowest BCUT2D eigenvalue weighted by atomic mass is 10.0. The van der Waals surface area contributed by atoms with Crippen molar-refractivity contribution in [3.05, 3.63) is 28.8 Å². The Morgan fingerprint density at radius 1 is 1.25 bits per heavy atom. The first-order valence-corrected chi connectivity index (χ1v) is 4.72. The number of hydrogen-bond donors (Lipinski definition) is 2. The molecule has 0 bridgehead atoms. The lowest BCUT2D eigenvalue weighted by molar-refractivity contribution is 0.0697. The molecule has 1 aromatic rings. The number of carbonyl (C=O) groups is 1. The number of carboxylic acids is 1. The van der Waals surface area contributed by atoms with E-state index in [1.54, 1.807) is 20.3 Å².